The third kappa shape index (κ3) is 3.83. The lowest BCUT2D eigenvalue weighted by atomic mass is 9.89. The maximum atomic E-state index is 12.6. The van der Waals surface area contributed by atoms with Gasteiger partial charge in [-0.15, -0.1) is 0 Å². The Balaban J connectivity index is 1.75. The van der Waals surface area contributed by atoms with Gasteiger partial charge in [0.1, 0.15) is 11.3 Å². The summed E-state index contributed by atoms with van der Waals surface area (Å²) in [7, 11) is 1.46. The van der Waals surface area contributed by atoms with E-state index in [4.69, 9.17) is 9.47 Å². The van der Waals surface area contributed by atoms with Crippen LogP contribution in [0.25, 0.3) is 10.8 Å². The number of carbonyl (C=O) groups is 1. The minimum Gasteiger partial charge on any atom is -0.492 e. The summed E-state index contributed by atoms with van der Waals surface area (Å²) in [5.41, 5.74) is 1.88. The van der Waals surface area contributed by atoms with Crippen molar-refractivity contribution in [2.24, 2.45) is 5.92 Å². The van der Waals surface area contributed by atoms with Gasteiger partial charge in [-0.1, -0.05) is 56.4 Å². The topological polar surface area (TPSA) is 35.5 Å². The molecule has 0 N–H and O–H groups in total. The summed E-state index contributed by atoms with van der Waals surface area (Å²) >= 11 is 0. The number of ether oxygens (including phenoxy) is 2. The second-order valence-electron chi connectivity index (χ2n) is 8.18. The first-order valence-corrected chi connectivity index (χ1v) is 10.5. The van der Waals surface area contributed by atoms with Gasteiger partial charge in [-0.05, 0) is 54.5 Å². The van der Waals surface area contributed by atoms with Crippen molar-refractivity contribution in [1.82, 2.24) is 0 Å². The largest absolute Gasteiger partial charge is 0.492 e. The zero-order valence-corrected chi connectivity index (χ0v) is 16.3. The molecule has 144 valence electrons. The standard InChI is InChI=1S/C24H30O3/c1-26-24(25)22-15-21(18-11-5-6-12-18)19-13-7-8-14-20(19)23(22)27-16-17-9-3-2-4-10-17/h7-8,13-15,17-18H,2-6,9-12,16H2,1H3. The van der Waals surface area contributed by atoms with Crippen LogP contribution in [0.1, 0.15) is 79.6 Å². The fourth-order valence-electron chi connectivity index (χ4n) is 4.92. The third-order valence-electron chi connectivity index (χ3n) is 6.42. The summed E-state index contributed by atoms with van der Waals surface area (Å²) in [5, 5.41) is 2.29. The van der Waals surface area contributed by atoms with Crippen LogP contribution >= 0.6 is 0 Å². The van der Waals surface area contributed by atoms with Gasteiger partial charge in [-0.2, -0.15) is 0 Å². The van der Waals surface area contributed by atoms with E-state index in [1.807, 2.05) is 6.07 Å². The van der Waals surface area contributed by atoms with Crippen molar-refractivity contribution in [3.05, 3.63) is 41.5 Å². The fraction of sp³-hybridized carbons (Fsp3) is 0.542. The molecule has 3 heteroatoms. The van der Waals surface area contributed by atoms with Crippen molar-refractivity contribution >= 4 is 16.7 Å². The molecule has 0 radical (unpaired) electrons. The molecule has 2 aliphatic carbocycles. The Labute approximate surface area is 162 Å². The summed E-state index contributed by atoms with van der Waals surface area (Å²) in [4.78, 5) is 12.6. The molecule has 0 aliphatic heterocycles. The van der Waals surface area contributed by atoms with Crippen LogP contribution in [0.5, 0.6) is 5.75 Å². The van der Waals surface area contributed by atoms with Gasteiger partial charge in [-0.25, -0.2) is 4.79 Å². The molecule has 0 heterocycles. The van der Waals surface area contributed by atoms with Gasteiger partial charge in [0.05, 0.1) is 13.7 Å². The zero-order chi connectivity index (χ0) is 18.6. The Kier molecular flexibility index (Phi) is 5.66. The Morgan fingerprint density at radius 2 is 1.63 bits per heavy atom. The highest BCUT2D eigenvalue weighted by Gasteiger charge is 2.25. The lowest BCUT2D eigenvalue weighted by molar-refractivity contribution is 0.0595. The van der Waals surface area contributed by atoms with Crippen LogP contribution in [0, 0.1) is 5.92 Å². The Morgan fingerprint density at radius 3 is 2.33 bits per heavy atom. The van der Waals surface area contributed by atoms with Crippen LogP contribution in [-0.4, -0.2) is 19.7 Å². The van der Waals surface area contributed by atoms with E-state index in [2.05, 4.69) is 24.3 Å². The highest BCUT2D eigenvalue weighted by atomic mass is 16.5. The number of hydrogen-bond acceptors (Lipinski definition) is 3. The lowest BCUT2D eigenvalue weighted by Gasteiger charge is -2.24. The molecule has 2 aromatic rings. The van der Waals surface area contributed by atoms with Gasteiger partial charge >= 0.3 is 5.97 Å². The van der Waals surface area contributed by atoms with E-state index in [1.165, 1.54) is 75.8 Å². The van der Waals surface area contributed by atoms with Crippen molar-refractivity contribution in [2.75, 3.05) is 13.7 Å². The van der Waals surface area contributed by atoms with Crippen LogP contribution < -0.4 is 4.74 Å². The molecule has 3 nitrogen and oxygen atoms in total. The molecule has 0 spiro atoms. The Morgan fingerprint density at radius 1 is 0.963 bits per heavy atom. The molecule has 2 aromatic carbocycles. The number of benzene rings is 2. The second kappa shape index (κ2) is 8.33. The molecule has 0 aromatic heterocycles. The maximum Gasteiger partial charge on any atom is 0.341 e. The van der Waals surface area contributed by atoms with E-state index in [0.29, 0.717) is 29.8 Å². The van der Waals surface area contributed by atoms with Gasteiger partial charge in [0, 0.05) is 5.39 Å². The SMILES string of the molecule is COC(=O)c1cc(C2CCCC2)c2ccccc2c1OCC1CCCCC1. The average molecular weight is 367 g/mol. The summed E-state index contributed by atoms with van der Waals surface area (Å²) in [6, 6.07) is 10.5. The zero-order valence-electron chi connectivity index (χ0n) is 16.3. The molecule has 2 aliphatic rings. The molecule has 4 rings (SSSR count). The third-order valence-corrected chi connectivity index (χ3v) is 6.42. The van der Waals surface area contributed by atoms with Gasteiger partial charge in [0.2, 0.25) is 0 Å². The molecule has 0 unspecified atom stereocenters. The number of methoxy groups -OCH3 is 1. The van der Waals surface area contributed by atoms with Crippen molar-refractivity contribution in [2.45, 2.75) is 63.7 Å². The van der Waals surface area contributed by atoms with E-state index < -0.39 is 0 Å². The highest BCUT2D eigenvalue weighted by molar-refractivity contribution is 6.03. The quantitative estimate of drug-likeness (QED) is 0.587. The number of fused-ring (bicyclic) bond motifs is 1. The first-order chi connectivity index (χ1) is 13.3. The number of carbonyl (C=O) groups excluding carboxylic acids is 1. The first kappa shape index (κ1) is 18.3. The Bertz CT molecular complexity index is 799. The van der Waals surface area contributed by atoms with Crippen LogP contribution in [0.3, 0.4) is 0 Å². The predicted molar refractivity (Wildman–Crippen MR) is 109 cm³/mol. The number of hydrogen-bond donors (Lipinski definition) is 0. The highest BCUT2D eigenvalue weighted by Crippen LogP contribution is 2.42. The minimum absolute atomic E-state index is 0.293. The first-order valence-electron chi connectivity index (χ1n) is 10.5. The maximum absolute atomic E-state index is 12.6. The summed E-state index contributed by atoms with van der Waals surface area (Å²) in [6.45, 7) is 0.691. The molecule has 0 saturated heterocycles. The molecule has 0 bridgehead atoms. The molecule has 0 amide bonds. The predicted octanol–water partition coefficient (Wildman–Crippen LogP) is 6.24. The van der Waals surface area contributed by atoms with Crippen LogP contribution in [0.4, 0.5) is 0 Å². The van der Waals surface area contributed by atoms with Gasteiger partial charge in [0.25, 0.3) is 0 Å². The van der Waals surface area contributed by atoms with E-state index >= 15 is 0 Å². The van der Waals surface area contributed by atoms with E-state index in [-0.39, 0.29) is 5.97 Å². The smallest absolute Gasteiger partial charge is 0.341 e. The van der Waals surface area contributed by atoms with Gasteiger partial charge in [0.15, 0.2) is 0 Å². The van der Waals surface area contributed by atoms with E-state index in [1.54, 1.807) is 0 Å². The van der Waals surface area contributed by atoms with Crippen LogP contribution in [0.15, 0.2) is 30.3 Å². The summed E-state index contributed by atoms with van der Waals surface area (Å²) < 4.78 is 11.4. The van der Waals surface area contributed by atoms with Crippen molar-refractivity contribution in [1.29, 1.82) is 0 Å². The fourth-order valence-corrected chi connectivity index (χ4v) is 4.92. The Hall–Kier alpha value is -2.03. The molecule has 0 atom stereocenters. The van der Waals surface area contributed by atoms with Gasteiger partial charge < -0.3 is 9.47 Å². The molecular formula is C24H30O3. The number of esters is 1. The normalized spacial score (nSPS) is 18.7. The lowest BCUT2D eigenvalue weighted by Crippen LogP contribution is -2.17. The van der Waals surface area contributed by atoms with Crippen molar-refractivity contribution < 1.29 is 14.3 Å². The van der Waals surface area contributed by atoms with Crippen LogP contribution in [-0.2, 0) is 4.74 Å². The van der Waals surface area contributed by atoms with Gasteiger partial charge in [-0.3, -0.25) is 0 Å². The molecule has 2 fully saturated rings. The molecular weight excluding hydrogens is 336 g/mol. The summed E-state index contributed by atoms with van der Waals surface area (Å²) in [5.74, 6) is 1.55. The number of rotatable bonds is 5. The summed E-state index contributed by atoms with van der Waals surface area (Å²) in [6.07, 6.45) is 11.3. The monoisotopic (exact) mass is 366 g/mol. The van der Waals surface area contributed by atoms with E-state index in [9.17, 15) is 4.79 Å². The minimum atomic E-state index is -0.293. The van der Waals surface area contributed by atoms with Crippen molar-refractivity contribution in [3.63, 3.8) is 0 Å². The second-order valence-corrected chi connectivity index (χ2v) is 8.18. The van der Waals surface area contributed by atoms with Crippen LogP contribution in [0.2, 0.25) is 0 Å². The van der Waals surface area contributed by atoms with E-state index in [0.717, 1.165) is 5.39 Å². The average Bonchev–Trinajstić information content (AvgIpc) is 3.26. The molecule has 2 saturated carbocycles. The molecule has 27 heavy (non-hydrogen) atoms. The van der Waals surface area contributed by atoms with Crippen molar-refractivity contribution in [3.8, 4) is 5.75 Å².